The number of nitrogens with zero attached hydrogens (tertiary/aromatic N) is 3. The maximum Gasteiger partial charge on any atom is 0.243 e. The van der Waals surface area contributed by atoms with Gasteiger partial charge in [0.05, 0.1) is 6.04 Å². The van der Waals surface area contributed by atoms with E-state index in [0.29, 0.717) is 5.96 Å². The van der Waals surface area contributed by atoms with E-state index >= 15 is 0 Å². The first-order chi connectivity index (χ1) is 13.5. The van der Waals surface area contributed by atoms with Gasteiger partial charge < -0.3 is 20.4 Å². The lowest BCUT2D eigenvalue weighted by Crippen LogP contribution is -2.41. The minimum atomic E-state index is -0.00380. The summed E-state index contributed by atoms with van der Waals surface area (Å²) in [6.45, 7) is 8.97. The van der Waals surface area contributed by atoms with Crippen LogP contribution in [0.25, 0.3) is 0 Å². The Kier molecular flexibility index (Phi) is 9.28. The topological polar surface area (TPSA) is 60.0 Å². The Labute approximate surface area is 170 Å². The summed E-state index contributed by atoms with van der Waals surface area (Å²) in [5.74, 6) is 1.56. The minimum absolute atomic E-state index is 0.00380. The van der Waals surface area contributed by atoms with E-state index in [2.05, 4.69) is 46.5 Å². The smallest absolute Gasteiger partial charge is 0.243 e. The van der Waals surface area contributed by atoms with E-state index in [1.54, 1.807) is 19.0 Å². The Morgan fingerprint density at radius 1 is 1.25 bits per heavy atom. The maximum atomic E-state index is 11.9. The minimum Gasteiger partial charge on any atom is -0.356 e. The van der Waals surface area contributed by atoms with Crippen LogP contribution in [-0.4, -0.2) is 68.5 Å². The lowest BCUT2D eigenvalue weighted by Gasteiger charge is -2.30. The summed E-state index contributed by atoms with van der Waals surface area (Å²) in [6, 6.07) is 10.4. The third-order valence-corrected chi connectivity index (χ3v) is 5.34. The second-order valence-electron chi connectivity index (χ2n) is 8.03. The molecule has 6 heteroatoms. The van der Waals surface area contributed by atoms with Crippen LogP contribution >= 0.6 is 0 Å². The van der Waals surface area contributed by atoms with Crippen LogP contribution in [0.5, 0.6) is 0 Å². The van der Waals surface area contributed by atoms with Gasteiger partial charge in [-0.2, -0.15) is 0 Å². The van der Waals surface area contributed by atoms with Crippen molar-refractivity contribution in [3.05, 3.63) is 35.9 Å². The van der Waals surface area contributed by atoms with E-state index in [0.717, 1.165) is 25.4 Å². The van der Waals surface area contributed by atoms with Crippen molar-refractivity contribution >= 4 is 11.9 Å². The molecule has 1 fully saturated rings. The largest absolute Gasteiger partial charge is 0.356 e. The number of likely N-dealkylation sites (tertiary alicyclic amines) is 1. The number of rotatable bonds is 8. The van der Waals surface area contributed by atoms with E-state index in [1.165, 1.54) is 31.5 Å². The molecule has 1 aromatic carbocycles. The molecule has 0 aliphatic carbocycles. The van der Waals surface area contributed by atoms with E-state index in [9.17, 15) is 4.79 Å². The van der Waals surface area contributed by atoms with Gasteiger partial charge in [0.2, 0.25) is 5.91 Å². The molecular weight excluding hydrogens is 350 g/mol. The number of guanidine groups is 1. The number of carbonyl (C=O) groups excluding carboxylic acids is 1. The number of amides is 1. The predicted molar refractivity (Wildman–Crippen MR) is 116 cm³/mol. The fraction of sp³-hybridized carbons (Fsp3) is 0.636. The summed E-state index contributed by atoms with van der Waals surface area (Å²) in [4.78, 5) is 20.5. The summed E-state index contributed by atoms with van der Waals surface area (Å²) < 4.78 is 0. The number of aliphatic imine (C=N–C) groups is 1. The standard InChI is InChI=1S/C22H37N5O/c1-18-11-15-27(16-12-18)14-8-13-23-22(24-17-21(28)26(3)4)25-19(2)20-9-6-5-7-10-20/h5-7,9-10,18-19H,8,11-17H2,1-4H3,(H2,23,24,25). The molecule has 156 valence electrons. The second kappa shape index (κ2) is 11.7. The molecule has 2 rings (SSSR count). The van der Waals surface area contributed by atoms with Gasteiger partial charge in [-0.15, -0.1) is 0 Å². The van der Waals surface area contributed by atoms with Crippen molar-refractivity contribution in [1.29, 1.82) is 0 Å². The molecule has 0 spiro atoms. The van der Waals surface area contributed by atoms with E-state index in [1.807, 2.05) is 18.2 Å². The summed E-state index contributed by atoms with van der Waals surface area (Å²) in [6.07, 6.45) is 3.68. The highest BCUT2D eigenvalue weighted by molar-refractivity contribution is 5.85. The third kappa shape index (κ3) is 7.89. The Hall–Kier alpha value is -2.08. The quantitative estimate of drug-likeness (QED) is 0.409. The van der Waals surface area contributed by atoms with Gasteiger partial charge in [0.1, 0.15) is 6.54 Å². The highest BCUT2D eigenvalue weighted by atomic mass is 16.2. The molecule has 0 bridgehead atoms. The monoisotopic (exact) mass is 387 g/mol. The third-order valence-electron chi connectivity index (χ3n) is 5.34. The van der Waals surface area contributed by atoms with Crippen molar-refractivity contribution < 1.29 is 4.79 Å². The van der Waals surface area contributed by atoms with Crippen molar-refractivity contribution in [3.63, 3.8) is 0 Å². The van der Waals surface area contributed by atoms with Gasteiger partial charge in [-0.05, 0) is 57.3 Å². The first kappa shape index (κ1) is 22.2. The van der Waals surface area contributed by atoms with Crippen LogP contribution in [0.4, 0.5) is 0 Å². The van der Waals surface area contributed by atoms with Crippen molar-refractivity contribution in [2.75, 3.05) is 46.8 Å². The van der Waals surface area contributed by atoms with Crippen LogP contribution in [0, 0.1) is 5.92 Å². The van der Waals surface area contributed by atoms with E-state index in [-0.39, 0.29) is 18.5 Å². The van der Waals surface area contributed by atoms with Crippen molar-refractivity contribution in [3.8, 4) is 0 Å². The Morgan fingerprint density at radius 3 is 2.57 bits per heavy atom. The lowest BCUT2D eigenvalue weighted by atomic mass is 9.99. The van der Waals surface area contributed by atoms with Gasteiger partial charge in [-0.25, -0.2) is 4.99 Å². The van der Waals surface area contributed by atoms with Gasteiger partial charge >= 0.3 is 0 Å². The molecule has 1 aliphatic rings. The summed E-state index contributed by atoms with van der Waals surface area (Å²) >= 11 is 0. The molecule has 0 radical (unpaired) electrons. The van der Waals surface area contributed by atoms with Gasteiger partial charge in [0.25, 0.3) is 0 Å². The molecule has 2 N–H and O–H groups in total. The Balaban J connectivity index is 1.84. The van der Waals surface area contributed by atoms with Crippen LogP contribution in [-0.2, 0) is 4.79 Å². The number of hydrogen-bond donors (Lipinski definition) is 2. The molecule has 1 amide bonds. The zero-order chi connectivity index (χ0) is 20.4. The molecule has 6 nitrogen and oxygen atoms in total. The summed E-state index contributed by atoms with van der Waals surface area (Å²) in [5, 5.41) is 6.83. The molecule has 0 saturated carbocycles. The number of carbonyl (C=O) groups is 1. The van der Waals surface area contributed by atoms with Crippen LogP contribution in [0.15, 0.2) is 35.3 Å². The fourth-order valence-electron chi connectivity index (χ4n) is 3.27. The van der Waals surface area contributed by atoms with E-state index in [4.69, 9.17) is 0 Å². The summed E-state index contributed by atoms with van der Waals surface area (Å²) in [7, 11) is 3.51. The normalized spacial score (nSPS) is 17.2. The van der Waals surface area contributed by atoms with Crippen molar-refractivity contribution in [2.24, 2.45) is 10.9 Å². The van der Waals surface area contributed by atoms with Gasteiger partial charge in [0, 0.05) is 20.6 Å². The molecule has 1 atom stereocenters. The SMILES string of the molecule is CC1CCN(CCCNC(=NCC(=O)N(C)C)NC(C)c2ccccc2)CC1. The molecule has 1 unspecified atom stereocenters. The van der Waals surface area contributed by atoms with Crippen LogP contribution in [0.3, 0.4) is 0 Å². The van der Waals surface area contributed by atoms with Crippen LogP contribution in [0.2, 0.25) is 0 Å². The van der Waals surface area contributed by atoms with Gasteiger partial charge in [-0.1, -0.05) is 37.3 Å². The number of nitrogens with one attached hydrogen (secondary N) is 2. The highest BCUT2D eigenvalue weighted by Crippen LogP contribution is 2.15. The van der Waals surface area contributed by atoms with Crippen molar-refractivity contribution in [2.45, 2.75) is 39.2 Å². The molecular formula is C22H37N5O. The van der Waals surface area contributed by atoms with Gasteiger partial charge in [0.15, 0.2) is 5.96 Å². The average molecular weight is 388 g/mol. The number of likely N-dealkylation sites (N-methyl/N-ethyl adjacent to an activating group) is 1. The highest BCUT2D eigenvalue weighted by Gasteiger charge is 2.15. The van der Waals surface area contributed by atoms with E-state index < -0.39 is 0 Å². The maximum absolute atomic E-state index is 11.9. The predicted octanol–water partition coefficient (Wildman–Crippen LogP) is 2.49. The fourth-order valence-corrected chi connectivity index (χ4v) is 3.27. The van der Waals surface area contributed by atoms with Gasteiger partial charge in [-0.3, -0.25) is 4.79 Å². The van der Waals surface area contributed by atoms with Crippen LogP contribution < -0.4 is 10.6 Å². The zero-order valence-electron chi connectivity index (χ0n) is 17.9. The molecule has 1 aromatic rings. The summed E-state index contributed by atoms with van der Waals surface area (Å²) in [5.41, 5.74) is 1.19. The average Bonchev–Trinajstić information content (AvgIpc) is 2.70. The molecule has 1 saturated heterocycles. The number of piperidine rings is 1. The first-order valence-electron chi connectivity index (χ1n) is 10.5. The first-order valence-corrected chi connectivity index (χ1v) is 10.5. The molecule has 1 heterocycles. The Morgan fingerprint density at radius 2 is 1.93 bits per heavy atom. The number of hydrogen-bond acceptors (Lipinski definition) is 3. The number of benzene rings is 1. The molecule has 0 aromatic heterocycles. The van der Waals surface area contributed by atoms with Crippen molar-refractivity contribution in [1.82, 2.24) is 20.4 Å². The second-order valence-corrected chi connectivity index (χ2v) is 8.03. The molecule has 1 aliphatic heterocycles. The Bertz CT molecular complexity index is 609. The van der Waals surface area contributed by atoms with Crippen LogP contribution in [0.1, 0.15) is 44.7 Å². The lowest BCUT2D eigenvalue weighted by molar-refractivity contribution is -0.127. The molecule has 28 heavy (non-hydrogen) atoms. The zero-order valence-corrected chi connectivity index (χ0v) is 17.9.